The van der Waals surface area contributed by atoms with Crippen LogP contribution in [0.1, 0.15) is 33.3 Å². The van der Waals surface area contributed by atoms with Gasteiger partial charge in [-0.2, -0.15) is 0 Å². The summed E-state index contributed by atoms with van der Waals surface area (Å²) in [6.45, 7) is 9.13. The minimum Gasteiger partial charge on any atom is -0.309 e. The molecule has 0 N–H and O–H groups in total. The normalized spacial score (nSPS) is 8.47. The Bertz CT molecular complexity index is 192. The van der Waals surface area contributed by atoms with Crippen LogP contribution >= 0.6 is 0 Å². The Hall–Kier alpha value is -0.820. The van der Waals surface area contributed by atoms with Gasteiger partial charge in [-0.1, -0.05) is 58.0 Å². The van der Waals surface area contributed by atoms with E-state index in [1.54, 1.807) is 0 Å². The number of benzene rings is 1. The van der Waals surface area contributed by atoms with Crippen molar-refractivity contribution in [3.63, 3.8) is 0 Å². The molecule has 0 aliphatic rings. The molecule has 0 bridgehead atoms. The van der Waals surface area contributed by atoms with E-state index in [4.69, 9.17) is 0 Å². The van der Waals surface area contributed by atoms with Gasteiger partial charge in [0.2, 0.25) is 0 Å². The first-order valence-electron chi connectivity index (χ1n) is 5.97. The van der Waals surface area contributed by atoms with Gasteiger partial charge in [0, 0.05) is 6.54 Å². The lowest BCUT2D eigenvalue weighted by Gasteiger charge is -2.08. The molecule has 0 unspecified atom stereocenters. The van der Waals surface area contributed by atoms with E-state index in [0.29, 0.717) is 0 Å². The Morgan fingerprint density at radius 2 is 1.33 bits per heavy atom. The molecule has 0 spiro atoms. The van der Waals surface area contributed by atoms with Crippen LogP contribution in [0, 0.1) is 0 Å². The zero-order valence-electron chi connectivity index (χ0n) is 11.2. The minimum atomic E-state index is 1.13. The smallest absolute Gasteiger partial charge is 0.00157 e. The second-order valence-corrected chi connectivity index (χ2v) is 3.04. The second-order valence-electron chi connectivity index (χ2n) is 3.04. The molecule has 88 valence electrons. The molecule has 0 fully saturated rings. The van der Waals surface area contributed by atoms with Crippen LogP contribution in [-0.2, 0) is 6.42 Å². The van der Waals surface area contributed by atoms with E-state index in [2.05, 4.69) is 49.3 Å². The molecular formula is C14H27N. The zero-order valence-corrected chi connectivity index (χ0v) is 11.2. The Kier molecular flexibility index (Phi) is 14.6. The van der Waals surface area contributed by atoms with Crippen molar-refractivity contribution < 1.29 is 0 Å². The number of nitrogens with zero attached hydrogens (tertiary/aromatic N) is 1. The quantitative estimate of drug-likeness (QED) is 0.731. The molecular weight excluding hydrogens is 182 g/mol. The van der Waals surface area contributed by atoms with E-state index in [1.165, 1.54) is 5.56 Å². The van der Waals surface area contributed by atoms with E-state index >= 15 is 0 Å². The molecule has 1 rings (SSSR count). The van der Waals surface area contributed by atoms with Crippen LogP contribution < -0.4 is 0 Å². The summed E-state index contributed by atoms with van der Waals surface area (Å²) in [5, 5.41) is 0. The first kappa shape index (κ1) is 16.6. The van der Waals surface area contributed by atoms with Gasteiger partial charge in [0.1, 0.15) is 0 Å². The summed E-state index contributed by atoms with van der Waals surface area (Å²) in [4.78, 5) is 2.20. The van der Waals surface area contributed by atoms with Crippen LogP contribution in [0.3, 0.4) is 0 Å². The van der Waals surface area contributed by atoms with E-state index < -0.39 is 0 Å². The molecule has 0 aliphatic heterocycles. The van der Waals surface area contributed by atoms with E-state index in [-0.39, 0.29) is 0 Å². The molecule has 1 heteroatoms. The molecule has 1 nitrogen and oxygen atoms in total. The van der Waals surface area contributed by atoms with Gasteiger partial charge in [-0.15, -0.1) is 0 Å². The van der Waals surface area contributed by atoms with Gasteiger partial charge in [0.15, 0.2) is 0 Å². The maximum Gasteiger partial charge on any atom is 0.00157 e. The molecule has 1 aromatic rings. The maximum atomic E-state index is 2.20. The molecule has 0 aliphatic carbocycles. The van der Waals surface area contributed by atoms with Crippen LogP contribution in [0.5, 0.6) is 0 Å². The number of rotatable bonds is 3. The Morgan fingerprint density at radius 3 is 1.73 bits per heavy atom. The number of likely N-dealkylation sites (N-methyl/N-ethyl adjacent to an activating group) is 1. The van der Waals surface area contributed by atoms with Gasteiger partial charge in [0.05, 0.1) is 0 Å². The second kappa shape index (κ2) is 13.2. The maximum absolute atomic E-state index is 2.20. The van der Waals surface area contributed by atoms with Crippen molar-refractivity contribution in [3.05, 3.63) is 35.9 Å². The van der Waals surface area contributed by atoms with Crippen LogP contribution in [0.15, 0.2) is 30.3 Å². The lowest BCUT2D eigenvalue weighted by molar-refractivity contribution is 0.413. The Labute approximate surface area is 96.1 Å². The summed E-state index contributed by atoms with van der Waals surface area (Å²) >= 11 is 0. The largest absolute Gasteiger partial charge is 0.309 e. The zero-order chi connectivity index (χ0) is 12.1. The van der Waals surface area contributed by atoms with Crippen LogP contribution in [-0.4, -0.2) is 25.5 Å². The van der Waals surface area contributed by atoms with Gasteiger partial charge in [-0.25, -0.2) is 0 Å². The molecule has 1 aromatic carbocycles. The molecule has 0 aromatic heterocycles. The van der Waals surface area contributed by atoms with Crippen molar-refractivity contribution >= 4 is 0 Å². The monoisotopic (exact) mass is 209 g/mol. The SMILES string of the molecule is CC.CC.CN(C)CCc1ccccc1. The molecule has 15 heavy (non-hydrogen) atoms. The van der Waals surface area contributed by atoms with Gasteiger partial charge in [-0.05, 0) is 26.1 Å². The first-order valence-corrected chi connectivity index (χ1v) is 5.97. The molecule has 0 amide bonds. The van der Waals surface area contributed by atoms with E-state index in [9.17, 15) is 0 Å². The van der Waals surface area contributed by atoms with E-state index in [0.717, 1.165) is 13.0 Å². The highest BCUT2D eigenvalue weighted by Gasteiger charge is 1.91. The molecule has 0 saturated carbocycles. The predicted molar refractivity (Wildman–Crippen MR) is 71.4 cm³/mol. The molecule has 0 radical (unpaired) electrons. The van der Waals surface area contributed by atoms with Gasteiger partial charge < -0.3 is 4.90 Å². The van der Waals surface area contributed by atoms with Gasteiger partial charge in [-0.3, -0.25) is 0 Å². The Balaban J connectivity index is 0. The number of hydrogen-bond acceptors (Lipinski definition) is 1. The molecule has 0 saturated heterocycles. The van der Waals surface area contributed by atoms with Crippen molar-refractivity contribution in [2.45, 2.75) is 34.1 Å². The first-order chi connectivity index (χ1) is 7.29. The van der Waals surface area contributed by atoms with Crippen LogP contribution in [0.25, 0.3) is 0 Å². The highest BCUT2D eigenvalue weighted by atomic mass is 15.0. The Morgan fingerprint density at radius 1 is 0.867 bits per heavy atom. The van der Waals surface area contributed by atoms with Crippen molar-refractivity contribution in [1.82, 2.24) is 4.90 Å². The van der Waals surface area contributed by atoms with Crippen molar-refractivity contribution in [2.24, 2.45) is 0 Å². The van der Waals surface area contributed by atoms with Crippen LogP contribution in [0.4, 0.5) is 0 Å². The third kappa shape index (κ3) is 11.1. The van der Waals surface area contributed by atoms with Crippen LogP contribution in [0.2, 0.25) is 0 Å². The molecule has 0 heterocycles. The van der Waals surface area contributed by atoms with Crippen molar-refractivity contribution in [1.29, 1.82) is 0 Å². The lowest BCUT2D eigenvalue weighted by Crippen LogP contribution is -2.14. The van der Waals surface area contributed by atoms with Crippen molar-refractivity contribution in [3.8, 4) is 0 Å². The van der Waals surface area contributed by atoms with Gasteiger partial charge in [0.25, 0.3) is 0 Å². The third-order valence-corrected chi connectivity index (χ3v) is 1.69. The highest BCUT2D eigenvalue weighted by Crippen LogP contribution is 1.99. The topological polar surface area (TPSA) is 3.24 Å². The standard InChI is InChI=1S/C10H15N.2C2H6/c1-11(2)9-8-10-6-4-3-5-7-10;2*1-2/h3-7H,8-9H2,1-2H3;2*1-2H3. The lowest BCUT2D eigenvalue weighted by atomic mass is 10.1. The summed E-state index contributed by atoms with van der Waals surface area (Å²) < 4.78 is 0. The summed E-state index contributed by atoms with van der Waals surface area (Å²) in [6, 6.07) is 10.6. The summed E-state index contributed by atoms with van der Waals surface area (Å²) in [6.07, 6.45) is 1.15. The van der Waals surface area contributed by atoms with Crippen molar-refractivity contribution in [2.75, 3.05) is 20.6 Å². The number of hydrogen-bond donors (Lipinski definition) is 0. The predicted octanol–water partition coefficient (Wildman–Crippen LogP) is 3.84. The van der Waals surface area contributed by atoms with Gasteiger partial charge >= 0.3 is 0 Å². The summed E-state index contributed by atoms with van der Waals surface area (Å²) in [7, 11) is 4.20. The summed E-state index contributed by atoms with van der Waals surface area (Å²) in [5.74, 6) is 0. The van der Waals surface area contributed by atoms with E-state index in [1.807, 2.05) is 27.7 Å². The fourth-order valence-electron chi connectivity index (χ4n) is 0.997. The fraction of sp³-hybridized carbons (Fsp3) is 0.571. The average Bonchev–Trinajstić information content (AvgIpc) is 2.33. The summed E-state index contributed by atoms with van der Waals surface area (Å²) in [5.41, 5.74) is 1.42. The average molecular weight is 209 g/mol. The molecule has 0 atom stereocenters. The minimum absolute atomic E-state index is 1.13. The fourth-order valence-corrected chi connectivity index (χ4v) is 0.997. The highest BCUT2D eigenvalue weighted by molar-refractivity contribution is 5.14. The third-order valence-electron chi connectivity index (χ3n) is 1.69.